The van der Waals surface area contributed by atoms with E-state index >= 15 is 0 Å². The van der Waals surface area contributed by atoms with Crippen LogP contribution >= 0.6 is 0 Å². The zero-order chi connectivity index (χ0) is 19.0. The second kappa shape index (κ2) is 7.29. The number of aryl methyl sites for hydroxylation is 1. The van der Waals surface area contributed by atoms with Gasteiger partial charge in [0.1, 0.15) is 0 Å². The maximum absolute atomic E-state index is 12.9. The van der Waals surface area contributed by atoms with Crippen LogP contribution in [-0.2, 0) is 9.59 Å². The number of rotatable bonds is 6. The Morgan fingerprint density at radius 3 is 2.26 bits per heavy atom. The minimum Gasteiger partial charge on any atom is -0.355 e. The van der Waals surface area contributed by atoms with Crippen LogP contribution in [0.15, 0.2) is 24.3 Å². The van der Waals surface area contributed by atoms with E-state index in [0.29, 0.717) is 13.0 Å². The molecule has 0 aromatic heterocycles. The molecule has 1 atom stereocenters. The Morgan fingerprint density at radius 1 is 1.07 bits per heavy atom. The molecule has 4 aliphatic carbocycles. The van der Waals surface area contributed by atoms with Crippen molar-refractivity contribution in [3.8, 4) is 0 Å². The zero-order valence-corrected chi connectivity index (χ0v) is 16.6. The lowest BCUT2D eigenvalue weighted by molar-refractivity contribution is -0.146. The van der Waals surface area contributed by atoms with E-state index in [0.717, 1.165) is 42.6 Å². The first-order chi connectivity index (χ1) is 12.9. The smallest absolute Gasteiger partial charge is 0.226 e. The highest BCUT2D eigenvalue weighted by molar-refractivity contribution is 5.84. The Kier molecular flexibility index (Phi) is 5.00. The first-order valence-electron chi connectivity index (χ1n) is 10.6. The van der Waals surface area contributed by atoms with Crippen molar-refractivity contribution in [1.29, 1.82) is 0 Å². The molecule has 1 aromatic rings. The molecule has 4 bridgehead atoms. The molecular weight excluding hydrogens is 336 g/mol. The lowest BCUT2D eigenvalue weighted by Gasteiger charge is -2.55. The van der Waals surface area contributed by atoms with Crippen molar-refractivity contribution >= 4 is 11.8 Å². The lowest BCUT2D eigenvalue weighted by atomic mass is 9.49. The Morgan fingerprint density at radius 2 is 1.67 bits per heavy atom. The second-order valence-corrected chi connectivity index (χ2v) is 9.35. The van der Waals surface area contributed by atoms with Gasteiger partial charge >= 0.3 is 0 Å². The molecule has 4 fully saturated rings. The van der Waals surface area contributed by atoms with E-state index < -0.39 is 0 Å². The van der Waals surface area contributed by atoms with Crippen molar-refractivity contribution in [2.45, 2.75) is 64.8 Å². The highest BCUT2D eigenvalue weighted by Gasteiger charge is 2.54. The average Bonchev–Trinajstić information content (AvgIpc) is 2.60. The van der Waals surface area contributed by atoms with E-state index in [1.165, 1.54) is 24.8 Å². The molecule has 2 amide bonds. The normalized spacial score (nSPS) is 32.1. The SMILES string of the molecule is Cc1ccccc1C(C)NC(=O)CCNC(=O)C12CC3CC(CC(C3)C1)C2. The Labute approximate surface area is 162 Å². The third kappa shape index (κ3) is 3.76. The molecule has 0 radical (unpaired) electrons. The van der Waals surface area contributed by atoms with Gasteiger partial charge in [-0.15, -0.1) is 0 Å². The molecule has 146 valence electrons. The molecule has 0 aliphatic heterocycles. The fraction of sp³-hybridized carbons (Fsp3) is 0.652. The number of carbonyl (C=O) groups is 2. The van der Waals surface area contributed by atoms with Crippen molar-refractivity contribution in [1.82, 2.24) is 10.6 Å². The van der Waals surface area contributed by atoms with Crippen molar-refractivity contribution in [3.63, 3.8) is 0 Å². The number of nitrogens with one attached hydrogen (secondary N) is 2. The zero-order valence-electron chi connectivity index (χ0n) is 16.6. The van der Waals surface area contributed by atoms with E-state index in [4.69, 9.17) is 0 Å². The average molecular weight is 369 g/mol. The van der Waals surface area contributed by atoms with Crippen LogP contribution in [0.4, 0.5) is 0 Å². The van der Waals surface area contributed by atoms with Gasteiger partial charge in [-0.1, -0.05) is 24.3 Å². The monoisotopic (exact) mass is 368 g/mol. The van der Waals surface area contributed by atoms with Gasteiger partial charge in [0.15, 0.2) is 0 Å². The molecule has 4 saturated carbocycles. The highest BCUT2D eigenvalue weighted by Crippen LogP contribution is 2.60. The summed E-state index contributed by atoms with van der Waals surface area (Å²) in [7, 11) is 0. The van der Waals surface area contributed by atoms with Crippen molar-refractivity contribution < 1.29 is 9.59 Å². The summed E-state index contributed by atoms with van der Waals surface area (Å²) in [5, 5.41) is 6.15. The highest BCUT2D eigenvalue weighted by atomic mass is 16.2. The van der Waals surface area contributed by atoms with E-state index in [1.54, 1.807) is 0 Å². The van der Waals surface area contributed by atoms with Gasteiger partial charge in [0, 0.05) is 18.4 Å². The van der Waals surface area contributed by atoms with Crippen LogP contribution in [0.5, 0.6) is 0 Å². The number of hydrogen-bond donors (Lipinski definition) is 2. The van der Waals surface area contributed by atoms with Crippen LogP contribution < -0.4 is 10.6 Å². The molecular formula is C23H32N2O2. The molecule has 1 unspecified atom stereocenters. The van der Waals surface area contributed by atoms with Crippen molar-refractivity contribution in [2.75, 3.05) is 6.54 Å². The van der Waals surface area contributed by atoms with Gasteiger partial charge < -0.3 is 10.6 Å². The molecule has 0 saturated heterocycles. The molecule has 27 heavy (non-hydrogen) atoms. The minimum absolute atomic E-state index is 0.00318. The van der Waals surface area contributed by atoms with Gasteiger partial charge in [0.25, 0.3) is 0 Å². The van der Waals surface area contributed by atoms with Crippen LogP contribution in [0.1, 0.15) is 69.0 Å². The molecule has 0 spiro atoms. The van der Waals surface area contributed by atoms with Gasteiger partial charge in [-0.3, -0.25) is 9.59 Å². The van der Waals surface area contributed by atoms with Crippen LogP contribution in [0.2, 0.25) is 0 Å². The second-order valence-electron chi connectivity index (χ2n) is 9.35. The van der Waals surface area contributed by atoms with Crippen molar-refractivity contribution in [3.05, 3.63) is 35.4 Å². The van der Waals surface area contributed by atoms with Gasteiger partial charge in [-0.25, -0.2) is 0 Å². The van der Waals surface area contributed by atoms with Gasteiger partial charge in [0.2, 0.25) is 11.8 Å². The molecule has 1 aromatic carbocycles. The molecule has 4 heteroatoms. The van der Waals surface area contributed by atoms with E-state index in [9.17, 15) is 9.59 Å². The fourth-order valence-corrected chi connectivity index (χ4v) is 6.33. The van der Waals surface area contributed by atoms with E-state index in [2.05, 4.69) is 29.7 Å². The topological polar surface area (TPSA) is 58.2 Å². The first kappa shape index (κ1) is 18.5. The lowest BCUT2D eigenvalue weighted by Crippen LogP contribution is -2.53. The number of amides is 2. The molecule has 5 rings (SSSR count). The minimum atomic E-state index is -0.125. The van der Waals surface area contributed by atoms with Gasteiger partial charge in [0.05, 0.1) is 6.04 Å². The Balaban J connectivity index is 1.25. The molecule has 0 heterocycles. The van der Waals surface area contributed by atoms with Crippen LogP contribution in [0, 0.1) is 30.1 Å². The summed E-state index contributed by atoms with van der Waals surface area (Å²) in [4.78, 5) is 25.2. The largest absolute Gasteiger partial charge is 0.355 e. The summed E-state index contributed by atoms with van der Waals surface area (Å²) in [5.41, 5.74) is 2.20. The fourth-order valence-electron chi connectivity index (χ4n) is 6.33. The van der Waals surface area contributed by atoms with Gasteiger partial charge in [-0.2, -0.15) is 0 Å². The van der Waals surface area contributed by atoms with Crippen LogP contribution in [-0.4, -0.2) is 18.4 Å². The van der Waals surface area contributed by atoms with Crippen molar-refractivity contribution in [2.24, 2.45) is 23.2 Å². The number of benzene rings is 1. The summed E-state index contributed by atoms with van der Waals surface area (Å²) >= 11 is 0. The van der Waals surface area contributed by atoms with Crippen LogP contribution in [0.25, 0.3) is 0 Å². The summed E-state index contributed by atoms with van der Waals surface area (Å²) in [6, 6.07) is 8.10. The molecule has 4 nitrogen and oxygen atoms in total. The Hall–Kier alpha value is -1.84. The molecule has 4 aliphatic rings. The maximum atomic E-state index is 12.9. The molecule has 2 N–H and O–H groups in total. The summed E-state index contributed by atoms with van der Waals surface area (Å²) in [6.45, 7) is 4.50. The third-order valence-corrected chi connectivity index (χ3v) is 7.19. The Bertz CT molecular complexity index is 692. The maximum Gasteiger partial charge on any atom is 0.226 e. The predicted octanol–water partition coefficient (Wildman–Crippen LogP) is 3.89. The van der Waals surface area contributed by atoms with E-state index in [1.807, 2.05) is 19.1 Å². The number of carbonyl (C=O) groups excluding carboxylic acids is 2. The predicted molar refractivity (Wildman–Crippen MR) is 106 cm³/mol. The van der Waals surface area contributed by atoms with Gasteiger partial charge in [-0.05, 0) is 81.3 Å². The first-order valence-corrected chi connectivity index (χ1v) is 10.6. The summed E-state index contributed by atoms with van der Waals surface area (Å²) < 4.78 is 0. The quantitative estimate of drug-likeness (QED) is 0.800. The van der Waals surface area contributed by atoms with Crippen LogP contribution in [0.3, 0.4) is 0 Å². The third-order valence-electron chi connectivity index (χ3n) is 7.19. The standard InChI is InChI=1S/C23H32N2O2/c1-15-5-3-4-6-20(15)16(2)25-21(26)7-8-24-22(27)23-12-17-9-18(13-23)11-19(10-17)14-23/h3-6,16-19H,7-14H2,1-2H3,(H,24,27)(H,25,26). The summed E-state index contributed by atoms with van der Waals surface area (Å²) in [6.07, 6.45) is 7.57. The van der Waals surface area contributed by atoms with E-state index in [-0.39, 0.29) is 23.3 Å². The summed E-state index contributed by atoms with van der Waals surface area (Å²) in [5.74, 6) is 2.50. The number of hydrogen-bond acceptors (Lipinski definition) is 2.